The average molecular weight is 278 g/mol. The van der Waals surface area contributed by atoms with Gasteiger partial charge in [0.1, 0.15) is 5.82 Å². The second-order valence-electron chi connectivity index (χ2n) is 5.72. The smallest absolute Gasteiger partial charge is 0.257 e. The van der Waals surface area contributed by atoms with Crippen LogP contribution in [0.5, 0.6) is 0 Å². The quantitative estimate of drug-likeness (QED) is 0.827. The molecule has 20 heavy (non-hydrogen) atoms. The lowest BCUT2D eigenvalue weighted by molar-refractivity contribution is 0.0663. The Bertz CT molecular complexity index is 456. The van der Waals surface area contributed by atoms with Crippen molar-refractivity contribution in [2.45, 2.75) is 31.7 Å². The molecule has 0 spiro atoms. The molecular formula is C16H23FN2O. The van der Waals surface area contributed by atoms with Crippen LogP contribution in [-0.2, 0) is 0 Å². The largest absolute Gasteiger partial charge is 0.334 e. The highest BCUT2D eigenvalue weighted by Gasteiger charge is 2.28. The van der Waals surface area contributed by atoms with Gasteiger partial charge in [-0.1, -0.05) is 25.0 Å². The van der Waals surface area contributed by atoms with Crippen molar-refractivity contribution in [1.82, 2.24) is 9.80 Å². The molecule has 1 aromatic carbocycles. The fourth-order valence-corrected chi connectivity index (χ4v) is 2.76. The summed E-state index contributed by atoms with van der Waals surface area (Å²) >= 11 is 0. The van der Waals surface area contributed by atoms with Crippen molar-refractivity contribution in [2.24, 2.45) is 0 Å². The van der Waals surface area contributed by atoms with Gasteiger partial charge in [-0.2, -0.15) is 0 Å². The highest BCUT2D eigenvalue weighted by Crippen LogP contribution is 2.25. The molecule has 1 saturated carbocycles. The number of hydrogen-bond donors (Lipinski definition) is 0. The first kappa shape index (κ1) is 15.0. The fraction of sp³-hybridized carbons (Fsp3) is 0.562. The third-order valence-electron chi connectivity index (χ3n) is 3.92. The van der Waals surface area contributed by atoms with E-state index in [0.29, 0.717) is 6.54 Å². The first-order valence-electron chi connectivity index (χ1n) is 7.30. The molecule has 1 aliphatic carbocycles. The number of carbonyl (C=O) groups is 1. The van der Waals surface area contributed by atoms with Gasteiger partial charge in [-0.15, -0.1) is 0 Å². The number of benzene rings is 1. The summed E-state index contributed by atoms with van der Waals surface area (Å²) in [5, 5.41) is 0. The Balaban J connectivity index is 2.16. The SMILES string of the molecule is CN(C)CCN(C(=O)c1ccccc1F)C1CCCC1. The maximum atomic E-state index is 13.8. The highest BCUT2D eigenvalue weighted by molar-refractivity contribution is 5.94. The third kappa shape index (κ3) is 3.57. The van der Waals surface area contributed by atoms with Gasteiger partial charge >= 0.3 is 0 Å². The average Bonchev–Trinajstić information content (AvgIpc) is 2.93. The van der Waals surface area contributed by atoms with E-state index in [9.17, 15) is 9.18 Å². The van der Waals surface area contributed by atoms with E-state index in [1.807, 2.05) is 19.0 Å². The van der Waals surface area contributed by atoms with Gasteiger partial charge in [0.25, 0.3) is 5.91 Å². The normalized spacial score (nSPS) is 15.8. The van der Waals surface area contributed by atoms with Gasteiger partial charge in [0.05, 0.1) is 5.56 Å². The van der Waals surface area contributed by atoms with Gasteiger partial charge in [0.2, 0.25) is 0 Å². The molecule has 0 atom stereocenters. The van der Waals surface area contributed by atoms with Crippen LogP contribution in [0.25, 0.3) is 0 Å². The van der Waals surface area contributed by atoms with Gasteiger partial charge in [-0.05, 0) is 39.1 Å². The van der Waals surface area contributed by atoms with E-state index < -0.39 is 5.82 Å². The minimum Gasteiger partial charge on any atom is -0.334 e. The van der Waals surface area contributed by atoms with Gasteiger partial charge in [0, 0.05) is 19.1 Å². The van der Waals surface area contributed by atoms with Gasteiger partial charge in [-0.3, -0.25) is 4.79 Å². The topological polar surface area (TPSA) is 23.6 Å². The molecule has 1 fully saturated rings. The summed E-state index contributed by atoms with van der Waals surface area (Å²) in [6.45, 7) is 1.46. The molecule has 1 aliphatic rings. The summed E-state index contributed by atoms with van der Waals surface area (Å²) in [6, 6.07) is 6.53. The number of likely N-dealkylation sites (N-methyl/N-ethyl adjacent to an activating group) is 1. The minimum absolute atomic E-state index is 0.170. The maximum absolute atomic E-state index is 13.8. The molecule has 0 bridgehead atoms. The number of amides is 1. The predicted octanol–water partition coefficient (Wildman–Crippen LogP) is 2.77. The van der Waals surface area contributed by atoms with Crippen molar-refractivity contribution < 1.29 is 9.18 Å². The Labute approximate surface area is 120 Å². The fourth-order valence-electron chi connectivity index (χ4n) is 2.76. The zero-order valence-electron chi connectivity index (χ0n) is 12.3. The van der Waals surface area contributed by atoms with E-state index in [1.165, 1.54) is 6.07 Å². The molecule has 0 unspecified atom stereocenters. The molecular weight excluding hydrogens is 255 g/mol. The Morgan fingerprint density at radius 3 is 2.45 bits per heavy atom. The molecule has 0 radical (unpaired) electrons. The summed E-state index contributed by atoms with van der Waals surface area (Å²) in [5.74, 6) is -0.595. The monoisotopic (exact) mass is 278 g/mol. The summed E-state index contributed by atoms with van der Waals surface area (Å²) < 4.78 is 13.8. The molecule has 0 heterocycles. The lowest BCUT2D eigenvalue weighted by atomic mass is 10.1. The second kappa shape index (κ2) is 6.84. The summed E-state index contributed by atoms with van der Waals surface area (Å²) in [4.78, 5) is 16.6. The van der Waals surface area contributed by atoms with Crippen LogP contribution in [0.2, 0.25) is 0 Å². The van der Waals surface area contributed by atoms with Crippen molar-refractivity contribution in [2.75, 3.05) is 27.2 Å². The highest BCUT2D eigenvalue weighted by atomic mass is 19.1. The van der Waals surface area contributed by atoms with Crippen LogP contribution in [0, 0.1) is 5.82 Å². The van der Waals surface area contributed by atoms with Crippen LogP contribution < -0.4 is 0 Å². The Kier molecular flexibility index (Phi) is 5.12. The van der Waals surface area contributed by atoms with Crippen LogP contribution in [0.1, 0.15) is 36.0 Å². The van der Waals surface area contributed by atoms with Crippen molar-refractivity contribution >= 4 is 5.91 Å². The molecule has 0 saturated heterocycles. The van der Waals surface area contributed by atoms with Crippen molar-refractivity contribution in [1.29, 1.82) is 0 Å². The van der Waals surface area contributed by atoms with E-state index >= 15 is 0 Å². The van der Waals surface area contributed by atoms with E-state index in [-0.39, 0.29) is 17.5 Å². The maximum Gasteiger partial charge on any atom is 0.257 e. The zero-order valence-corrected chi connectivity index (χ0v) is 12.3. The predicted molar refractivity (Wildman–Crippen MR) is 78.2 cm³/mol. The number of carbonyl (C=O) groups excluding carboxylic acids is 1. The molecule has 0 aromatic heterocycles. The van der Waals surface area contributed by atoms with Crippen LogP contribution in [0.3, 0.4) is 0 Å². The first-order valence-corrected chi connectivity index (χ1v) is 7.30. The molecule has 1 aromatic rings. The van der Waals surface area contributed by atoms with E-state index in [4.69, 9.17) is 0 Å². The molecule has 1 amide bonds. The molecule has 110 valence electrons. The van der Waals surface area contributed by atoms with Crippen LogP contribution in [0.4, 0.5) is 4.39 Å². The lowest BCUT2D eigenvalue weighted by Gasteiger charge is -2.30. The van der Waals surface area contributed by atoms with Crippen molar-refractivity contribution in [3.63, 3.8) is 0 Å². The van der Waals surface area contributed by atoms with Crippen molar-refractivity contribution in [3.05, 3.63) is 35.6 Å². The summed E-state index contributed by atoms with van der Waals surface area (Å²) in [6.07, 6.45) is 4.39. The van der Waals surface area contributed by atoms with E-state index in [0.717, 1.165) is 32.2 Å². The number of rotatable bonds is 5. The number of hydrogen-bond acceptors (Lipinski definition) is 2. The molecule has 0 N–H and O–H groups in total. The molecule has 2 rings (SSSR count). The summed E-state index contributed by atoms with van der Waals surface area (Å²) in [7, 11) is 3.97. The molecule has 0 aliphatic heterocycles. The Morgan fingerprint density at radius 2 is 1.85 bits per heavy atom. The molecule has 4 heteroatoms. The number of nitrogens with zero attached hydrogens (tertiary/aromatic N) is 2. The third-order valence-corrected chi connectivity index (χ3v) is 3.92. The summed E-state index contributed by atoms with van der Waals surface area (Å²) in [5.41, 5.74) is 0.193. The van der Waals surface area contributed by atoms with Crippen molar-refractivity contribution in [3.8, 4) is 0 Å². The van der Waals surface area contributed by atoms with Gasteiger partial charge < -0.3 is 9.80 Å². The second-order valence-corrected chi connectivity index (χ2v) is 5.72. The minimum atomic E-state index is -0.426. The Hall–Kier alpha value is -1.42. The standard InChI is InChI=1S/C16H23FN2O/c1-18(2)11-12-19(13-7-3-4-8-13)16(20)14-9-5-6-10-15(14)17/h5-6,9-10,13H,3-4,7-8,11-12H2,1-2H3. The van der Waals surface area contributed by atoms with Gasteiger partial charge in [0.15, 0.2) is 0 Å². The van der Waals surface area contributed by atoms with Gasteiger partial charge in [-0.25, -0.2) is 4.39 Å². The number of halogens is 1. The van der Waals surface area contributed by atoms with Crippen LogP contribution >= 0.6 is 0 Å². The van der Waals surface area contributed by atoms with Crippen LogP contribution in [0.15, 0.2) is 24.3 Å². The molecule has 3 nitrogen and oxygen atoms in total. The lowest BCUT2D eigenvalue weighted by Crippen LogP contribution is -2.43. The Morgan fingerprint density at radius 1 is 1.20 bits per heavy atom. The zero-order chi connectivity index (χ0) is 14.5. The van der Waals surface area contributed by atoms with E-state index in [1.54, 1.807) is 18.2 Å². The first-order chi connectivity index (χ1) is 9.59. The van der Waals surface area contributed by atoms with Crippen LogP contribution in [-0.4, -0.2) is 48.9 Å². The van der Waals surface area contributed by atoms with E-state index in [2.05, 4.69) is 4.90 Å².